The van der Waals surface area contributed by atoms with Crippen LogP contribution in [0.4, 0.5) is 19.3 Å². The lowest BCUT2D eigenvalue weighted by atomic mass is 9.91. The van der Waals surface area contributed by atoms with Crippen LogP contribution in [0.2, 0.25) is 0 Å². The summed E-state index contributed by atoms with van der Waals surface area (Å²) in [4.78, 5) is 14.3. The molecule has 150 valence electrons. The van der Waals surface area contributed by atoms with Gasteiger partial charge < -0.3 is 9.47 Å². The standard InChI is InChI=1S/C21H22BrF2NO3/c1-21(2,3)28-20(26)25-17(12-6-5-7-13(10-12)27-4)9-8-14-18(24)15(22)11-16(23)19(14)25/h5-7,10-11,17H,8-9H2,1-4H3. The number of benzene rings is 2. The minimum absolute atomic E-state index is 0.0349. The SMILES string of the molecule is COc1cccc(C2CCc3c(F)c(Br)cc(F)c3N2C(=O)OC(C)(C)C)c1. The van der Waals surface area contributed by atoms with Crippen LogP contribution in [0, 0.1) is 11.6 Å². The van der Waals surface area contributed by atoms with E-state index in [0.717, 1.165) is 11.6 Å². The van der Waals surface area contributed by atoms with Gasteiger partial charge in [0.05, 0.1) is 23.3 Å². The predicted octanol–water partition coefficient (Wildman–Crippen LogP) is 6.16. The Labute approximate surface area is 171 Å². The molecule has 1 aliphatic heterocycles. The Kier molecular flexibility index (Phi) is 5.66. The van der Waals surface area contributed by atoms with Crippen molar-refractivity contribution in [2.75, 3.05) is 12.0 Å². The molecule has 0 bridgehead atoms. The average molecular weight is 454 g/mol. The van der Waals surface area contributed by atoms with Gasteiger partial charge in [0.25, 0.3) is 0 Å². The van der Waals surface area contributed by atoms with Crippen LogP contribution in [-0.4, -0.2) is 18.8 Å². The first-order valence-corrected chi connectivity index (χ1v) is 9.74. The Hall–Kier alpha value is -2.15. The number of ether oxygens (including phenoxy) is 2. The van der Waals surface area contributed by atoms with Crippen LogP contribution in [0.5, 0.6) is 5.75 Å². The number of carbonyl (C=O) groups excluding carboxylic acids is 1. The summed E-state index contributed by atoms with van der Waals surface area (Å²) in [5, 5.41) is 0. The van der Waals surface area contributed by atoms with Crippen LogP contribution in [0.25, 0.3) is 0 Å². The first-order valence-electron chi connectivity index (χ1n) is 8.95. The van der Waals surface area contributed by atoms with E-state index >= 15 is 0 Å². The first-order chi connectivity index (χ1) is 13.1. The third kappa shape index (κ3) is 3.99. The van der Waals surface area contributed by atoms with Gasteiger partial charge in [-0.1, -0.05) is 12.1 Å². The molecule has 4 nitrogen and oxygen atoms in total. The van der Waals surface area contributed by atoms with E-state index in [0.29, 0.717) is 18.6 Å². The number of fused-ring (bicyclic) bond motifs is 1. The van der Waals surface area contributed by atoms with Crippen molar-refractivity contribution >= 4 is 27.7 Å². The Balaban J connectivity index is 2.15. The van der Waals surface area contributed by atoms with Crippen LogP contribution in [0.3, 0.4) is 0 Å². The van der Waals surface area contributed by atoms with Gasteiger partial charge in [-0.3, -0.25) is 4.90 Å². The molecule has 1 atom stereocenters. The highest BCUT2D eigenvalue weighted by molar-refractivity contribution is 9.10. The summed E-state index contributed by atoms with van der Waals surface area (Å²) in [6.07, 6.45) is -0.00725. The normalized spacial score (nSPS) is 16.5. The zero-order chi connectivity index (χ0) is 20.6. The van der Waals surface area contributed by atoms with Crippen LogP contribution >= 0.6 is 15.9 Å². The highest BCUT2D eigenvalue weighted by Crippen LogP contribution is 2.44. The van der Waals surface area contributed by atoms with E-state index in [4.69, 9.17) is 9.47 Å². The quantitative estimate of drug-likeness (QED) is 0.510. The third-order valence-electron chi connectivity index (χ3n) is 4.53. The van der Waals surface area contributed by atoms with Gasteiger partial charge in [-0.05, 0) is 73.3 Å². The van der Waals surface area contributed by atoms with Gasteiger partial charge in [0.15, 0.2) is 0 Å². The van der Waals surface area contributed by atoms with E-state index in [2.05, 4.69) is 15.9 Å². The fraction of sp³-hybridized carbons (Fsp3) is 0.381. The molecule has 1 aliphatic rings. The maximum atomic E-state index is 14.9. The van der Waals surface area contributed by atoms with E-state index in [1.165, 1.54) is 4.90 Å². The van der Waals surface area contributed by atoms with Gasteiger partial charge in [-0.25, -0.2) is 13.6 Å². The molecule has 7 heteroatoms. The Bertz CT molecular complexity index is 911. The van der Waals surface area contributed by atoms with E-state index < -0.39 is 29.4 Å². The highest BCUT2D eigenvalue weighted by atomic mass is 79.9. The largest absolute Gasteiger partial charge is 0.497 e. The van der Waals surface area contributed by atoms with Crippen molar-refractivity contribution in [2.24, 2.45) is 0 Å². The summed E-state index contributed by atoms with van der Waals surface area (Å²) in [7, 11) is 1.55. The fourth-order valence-electron chi connectivity index (χ4n) is 3.38. The minimum Gasteiger partial charge on any atom is -0.497 e. The molecule has 1 amide bonds. The number of hydrogen-bond acceptors (Lipinski definition) is 3. The first kappa shape index (κ1) is 20.6. The lowest BCUT2D eigenvalue weighted by Crippen LogP contribution is -2.42. The molecular weight excluding hydrogens is 432 g/mol. The topological polar surface area (TPSA) is 38.8 Å². The zero-order valence-corrected chi connectivity index (χ0v) is 17.8. The lowest BCUT2D eigenvalue weighted by molar-refractivity contribution is 0.0558. The summed E-state index contributed by atoms with van der Waals surface area (Å²) >= 11 is 3.04. The van der Waals surface area contributed by atoms with Gasteiger partial charge in [0, 0.05) is 5.56 Å². The monoisotopic (exact) mass is 453 g/mol. The van der Waals surface area contributed by atoms with Crippen molar-refractivity contribution in [3.05, 3.63) is 57.6 Å². The second kappa shape index (κ2) is 7.70. The number of hydrogen-bond donors (Lipinski definition) is 0. The van der Waals surface area contributed by atoms with Crippen LogP contribution in [-0.2, 0) is 11.2 Å². The van der Waals surface area contributed by atoms with E-state index in [9.17, 15) is 13.6 Å². The maximum Gasteiger partial charge on any atom is 0.415 e. The second-order valence-corrected chi connectivity index (χ2v) is 8.52. The predicted molar refractivity (Wildman–Crippen MR) is 107 cm³/mol. The summed E-state index contributed by atoms with van der Waals surface area (Å²) in [5.74, 6) is -0.620. The number of nitrogens with zero attached hydrogens (tertiary/aromatic N) is 1. The van der Waals surface area contributed by atoms with Gasteiger partial charge in [-0.2, -0.15) is 0 Å². The Morgan fingerprint density at radius 3 is 2.61 bits per heavy atom. The van der Waals surface area contributed by atoms with Gasteiger partial charge in [0.1, 0.15) is 23.0 Å². The molecule has 0 aromatic heterocycles. The van der Waals surface area contributed by atoms with Crippen molar-refractivity contribution in [1.29, 1.82) is 0 Å². The Morgan fingerprint density at radius 2 is 1.96 bits per heavy atom. The molecule has 0 spiro atoms. The number of methoxy groups -OCH3 is 1. The minimum atomic E-state index is -0.780. The molecule has 1 heterocycles. The van der Waals surface area contributed by atoms with Crippen molar-refractivity contribution in [1.82, 2.24) is 0 Å². The van der Waals surface area contributed by atoms with Crippen LogP contribution in [0.15, 0.2) is 34.8 Å². The van der Waals surface area contributed by atoms with E-state index in [1.54, 1.807) is 46.1 Å². The van der Waals surface area contributed by atoms with Crippen molar-refractivity contribution in [3.63, 3.8) is 0 Å². The van der Waals surface area contributed by atoms with Gasteiger partial charge in [-0.15, -0.1) is 0 Å². The molecule has 0 fully saturated rings. The van der Waals surface area contributed by atoms with Crippen LogP contribution < -0.4 is 9.64 Å². The Morgan fingerprint density at radius 1 is 1.25 bits per heavy atom. The van der Waals surface area contributed by atoms with Crippen molar-refractivity contribution in [3.8, 4) is 5.75 Å². The van der Waals surface area contributed by atoms with Crippen LogP contribution in [0.1, 0.15) is 44.4 Å². The molecule has 28 heavy (non-hydrogen) atoms. The highest BCUT2D eigenvalue weighted by Gasteiger charge is 2.38. The molecular formula is C21H22BrF2NO3. The number of amides is 1. The maximum absolute atomic E-state index is 14.9. The fourth-order valence-corrected chi connectivity index (χ4v) is 3.82. The van der Waals surface area contributed by atoms with Crippen molar-refractivity contribution in [2.45, 2.75) is 45.3 Å². The van der Waals surface area contributed by atoms with Gasteiger partial charge in [0.2, 0.25) is 0 Å². The molecule has 0 aliphatic carbocycles. The molecule has 0 saturated heterocycles. The molecule has 1 unspecified atom stereocenters. The molecule has 0 N–H and O–H groups in total. The number of rotatable bonds is 2. The summed E-state index contributed by atoms with van der Waals surface area (Å²) in [5.41, 5.74) is 0.0716. The second-order valence-electron chi connectivity index (χ2n) is 7.66. The molecule has 2 aromatic carbocycles. The number of halogens is 3. The third-order valence-corrected chi connectivity index (χ3v) is 5.11. The summed E-state index contributed by atoms with van der Waals surface area (Å²) < 4.78 is 40.4. The molecule has 0 radical (unpaired) electrons. The number of carbonyl (C=O) groups is 1. The molecule has 3 rings (SSSR count). The summed E-state index contributed by atoms with van der Waals surface area (Å²) in [6.45, 7) is 5.19. The molecule has 2 aromatic rings. The molecule has 0 saturated carbocycles. The number of anilines is 1. The van der Waals surface area contributed by atoms with Gasteiger partial charge >= 0.3 is 6.09 Å². The smallest absolute Gasteiger partial charge is 0.415 e. The zero-order valence-electron chi connectivity index (χ0n) is 16.2. The lowest BCUT2D eigenvalue weighted by Gasteiger charge is -2.38. The average Bonchev–Trinajstić information content (AvgIpc) is 2.63. The van der Waals surface area contributed by atoms with E-state index in [-0.39, 0.29) is 15.7 Å². The van der Waals surface area contributed by atoms with Crippen molar-refractivity contribution < 1.29 is 23.0 Å². The summed E-state index contributed by atoms with van der Waals surface area (Å²) in [6, 6.07) is 7.75. The van der Waals surface area contributed by atoms with E-state index in [1.807, 2.05) is 6.07 Å².